The maximum absolute atomic E-state index is 13.3. The number of nitrogens with zero attached hydrogens (tertiary/aromatic N) is 1. The van der Waals surface area contributed by atoms with Crippen LogP contribution < -0.4 is 16.0 Å². The third-order valence-corrected chi connectivity index (χ3v) is 6.80. The predicted octanol–water partition coefficient (Wildman–Crippen LogP) is 6.04. The Morgan fingerprint density at radius 2 is 1.56 bits per heavy atom. The average molecular weight is 567 g/mol. The van der Waals surface area contributed by atoms with Crippen molar-refractivity contribution in [3.05, 3.63) is 136 Å². The highest BCUT2D eigenvalue weighted by Crippen LogP contribution is 2.25. The molecule has 3 N–H and O–H groups in total. The van der Waals surface area contributed by atoms with E-state index in [-0.39, 0.29) is 23.0 Å². The van der Waals surface area contributed by atoms with E-state index in [9.17, 15) is 24.5 Å². The van der Waals surface area contributed by atoms with E-state index in [1.54, 1.807) is 73.7 Å². The van der Waals surface area contributed by atoms with Gasteiger partial charge in [-0.05, 0) is 54.5 Å². The lowest BCUT2D eigenvalue weighted by atomic mass is 10.1. The van der Waals surface area contributed by atoms with Crippen LogP contribution in [0.5, 0.6) is 0 Å². The van der Waals surface area contributed by atoms with E-state index >= 15 is 0 Å². The molecule has 0 aliphatic rings. The Morgan fingerprint density at radius 1 is 0.854 bits per heavy atom. The normalized spacial score (nSPS) is 10.9. The highest BCUT2D eigenvalue weighted by Gasteiger charge is 2.16. The molecule has 0 saturated carbocycles. The summed E-state index contributed by atoms with van der Waals surface area (Å²) in [5.41, 5.74) is 2.66. The van der Waals surface area contributed by atoms with E-state index in [1.807, 2.05) is 30.3 Å². The lowest BCUT2D eigenvalue weighted by Crippen LogP contribution is -2.30. The van der Waals surface area contributed by atoms with E-state index < -0.39 is 16.7 Å². The van der Waals surface area contributed by atoms with Gasteiger partial charge >= 0.3 is 0 Å². The second kappa shape index (κ2) is 13.7. The second-order valence-electron chi connectivity index (χ2n) is 8.86. The summed E-state index contributed by atoms with van der Waals surface area (Å²) in [4.78, 5) is 49.9. The highest BCUT2D eigenvalue weighted by molar-refractivity contribution is 8.00. The summed E-state index contributed by atoms with van der Waals surface area (Å²) in [6, 6.07) is 29.0. The number of nitro benzene ring substituents is 1. The van der Waals surface area contributed by atoms with Gasteiger partial charge in [0.05, 0.1) is 16.4 Å². The van der Waals surface area contributed by atoms with Crippen molar-refractivity contribution >= 4 is 52.6 Å². The maximum Gasteiger partial charge on any atom is 0.272 e. The first-order valence-corrected chi connectivity index (χ1v) is 13.5. The van der Waals surface area contributed by atoms with Crippen LogP contribution in [0.2, 0.25) is 0 Å². The fourth-order valence-corrected chi connectivity index (χ4v) is 4.47. The molecule has 0 aromatic heterocycles. The Kier molecular flexibility index (Phi) is 9.63. The third kappa shape index (κ3) is 8.38. The summed E-state index contributed by atoms with van der Waals surface area (Å²) in [6.45, 7) is 1.75. The number of hydrogen-bond acceptors (Lipinski definition) is 6. The fraction of sp³-hybridized carbons (Fsp3) is 0.0645. The van der Waals surface area contributed by atoms with Gasteiger partial charge in [-0.2, -0.15) is 0 Å². The van der Waals surface area contributed by atoms with Crippen molar-refractivity contribution < 1.29 is 19.3 Å². The minimum atomic E-state index is -0.517. The maximum atomic E-state index is 13.3. The highest BCUT2D eigenvalue weighted by atomic mass is 32.2. The fourth-order valence-electron chi connectivity index (χ4n) is 3.71. The topological polar surface area (TPSA) is 130 Å². The van der Waals surface area contributed by atoms with Gasteiger partial charge in [0, 0.05) is 28.3 Å². The number of carbonyl (C=O) groups excluding carboxylic acids is 3. The zero-order valence-corrected chi connectivity index (χ0v) is 22.8. The molecular weight excluding hydrogens is 540 g/mol. The van der Waals surface area contributed by atoms with Gasteiger partial charge in [0.2, 0.25) is 5.91 Å². The molecule has 3 amide bonds. The number of thioether (sulfide) groups is 1. The number of carbonyl (C=O) groups is 3. The van der Waals surface area contributed by atoms with Crippen LogP contribution in [0, 0.1) is 17.0 Å². The van der Waals surface area contributed by atoms with Crippen molar-refractivity contribution in [1.29, 1.82) is 0 Å². The molecule has 0 atom stereocenters. The van der Waals surface area contributed by atoms with Gasteiger partial charge in [-0.25, -0.2) is 0 Å². The number of rotatable bonds is 10. The van der Waals surface area contributed by atoms with Crippen molar-refractivity contribution in [3.63, 3.8) is 0 Å². The molecule has 0 fully saturated rings. The summed E-state index contributed by atoms with van der Waals surface area (Å²) in [7, 11) is 0. The monoisotopic (exact) mass is 566 g/mol. The van der Waals surface area contributed by atoms with E-state index in [0.29, 0.717) is 22.5 Å². The summed E-state index contributed by atoms with van der Waals surface area (Å²) < 4.78 is 0. The van der Waals surface area contributed by atoms with Crippen molar-refractivity contribution in [2.75, 3.05) is 16.4 Å². The lowest BCUT2D eigenvalue weighted by Gasteiger charge is -2.12. The number of anilines is 2. The van der Waals surface area contributed by atoms with Crippen molar-refractivity contribution in [2.45, 2.75) is 11.8 Å². The molecule has 0 radical (unpaired) electrons. The van der Waals surface area contributed by atoms with Crippen molar-refractivity contribution in [2.24, 2.45) is 0 Å². The Morgan fingerprint density at radius 3 is 2.27 bits per heavy atom. The first-order chi connectivity index (χ1) is 19.8. The number of benzene rings is 4. The molecule has 206 valence electrons. The number of hydrogen-bond donors (Lipinski definition) is 3. The molecule has 10 heteroatoms. The summed E-state index contributed by atoms with van der Waals surface area (Å²) in [6.07, 6.45) is 1.59. The Balaban J connectivity index is 1.43. The van der Waals surface area contributed by atoms with Gasteiger partial charge in [-0.3, -0.25) is 24.5 Å². The molecule has 0 heterocycles. The van der Waals surface area contributed by atoms with Crippen LogP contribution in [0.3, 0.4) is 0 Å². The van der Waals surface area contributed by atoms with Crippen molar-refractivity contribution in [3.8, 4) is 0 Å². The van der Waals surface area contributed by atoms with Gasteiger partial charge in [0.1, 0.15) is 5.70 Å². The van der Waals surface area contributed by atoms with Gasteiger partial charge in [0.15, 0.2) is 0 Å². The van der Waals surface area contributed by atoms with Crippen LogP contribution in [-0.2, 0) is 9.59 Å². The molecule has 0 bridgehead atoms. The van der Waals surface area contributed by atoms with Crippen LogP contribution in [0.25, 0.3) is 6.08 Å². The second-order valence-corrected chi connectivity index (χ2v) is 9.91. The number of aryl methyl sites for hydroxylation is 1. The largest absolute Gasteiger partial charge is 0.325 e. The Hall–Kier alpha value is -5.22. The van der Waals surface area contributed by atoms with Gasteiger partial charge in [-0.15, -0.1) is 11.8 Å². The van der Waals surface area contributed by atoms with Crippen LogP contribution in [-0.4, -0.2) is 28.4 Å². The van der Waals surface area contributed by atoms with Gasteiger partial charge in [-0.1, -0.05) is 60.7 Å². The number of nitrogens with one attached hydrogen (secondary N) is 3. The molecule has 4 aromatic rings. The number of nitro groups is 1. The van der Waals surface area contributed by atoms with Crippen LogP contribution in [0.15, 0.2) is 114 Å². The zero-order valence-electron chi connectivity index (χ0n) is 22.0. The first-order valence-electron chi connectivity index (χ1n) is 12.5. The Bertz CT molecular complexity index is 1610. The third-order valence-electron chi connectivity index (χ3n) is 5.81. The molecule has 0 aliphatic heterocycles. The molecule has 0 unspecified atom stereocenters. The quantitative estimate of drug-likeness (QED) is 0.0928. The number of non-ortho nitro benzene ring substituents is 1. The van der Waals surface area contributed by atoms with E-state index in [4.69, 9.17) is 0 Å². The predicted molar refractivity (Wildman–Crippen MR) is 161 cm³/mol. The van der Waals surface area contributed by atoms with Crippen molar-refractivity contribution in [1.82, 2.24) is 5.32 Å². The molecule has 4 rings (SSSR count). The van der Waals surface area contributed by atoms with Crippen LogP contribution >= 0.6 is 11.8 Å². The molecule has 0 saturated heterocycles. The van der Waals surface area contributed by atoms with E-state index in [1.165, 1.54) is 23.9 Å². The molecular formula is C31H26N4O5S. The summed E-state index contributed by atoms with van der Waals surface area (Å²) >= 11 is 1.24. The molecule has 0 aliphatic carbocycles. The first kappa shape index (κ1) is 28.8. The minimum absolute atomic E-state index is 0.0474. The van der Waals surface area contributed by atoms with Crippen LogP contribution in [0.4, 0.5) is 17.1 Å². The van der Waals surface area contributed by atoms with E-state index in [2.05, 4.69) is 16.0 Å². The molecule has 9 nitrogen and oxygen atoms in total. The smallest absolute Gasteiger partial charge is 0.272 e. The lowest BCUT2D eigenvalue weighted by molar-refractivity contribution is -0.384. The van der Waals surface area contributed by atoms with E-state index in [0.717, 1.165) is 10.5 Å². The molecule has 41 heavy (non-hydrogen) atoms. The summed E-state index contributed by atoms with van der Waals surface area (Å²) in [5, 5.41) is 19.3. The zero-order chi connectivity index (χ0) is 29.2. The van der Waals surface area contributed by atoms with Crippen LogP contribution in [0.1, 0.15) is 21.5 Å². The standard InChI is InChI=1S/C31H26N4O5S/c1-21-15-16-25(35(39)40)19-27(21)33-29(36)20-41-26-14-8-13-24(18-26)32-31(38)28(17-22-9-4-2-5-10-22)34-30(37)23-11-6-3-7-12-23/h2-19H,20H2,1H3,(H,32,38)(H,33,36)(H,34,37)/b28-17-. The van der Waals surface area contributed by atoms with Gasteiger partial charge in [0.25, 0.3) is 17.5 Å². The number of amides is 3. The SMILES string of the molecule is Cc1ccc([N+](=O)[O-])cc1NC(=O)CSc1cccc(NC(=O)/C(=C/c2ccccc2)NC(=O)c2ccccc2)c1. The average Bonchev–Trinajstić information content (AvgIpc) is 2.98. The molecule has 0 spiro atoms. The molecule has 4 aromatic carbocycles. The minimum Gasteiger partial charge on any atom is -0.325 e. The van der Waals surface area contributed by atoms with Gasteiger partial charge < -0.3 is 16.0 Å². The summed E-state index contributed by atoms with van der Waals surface area (Å²) in [5.74, 6) is -1.22. The Labute approximate surface area is 240 Å².